The number of piperidine rings is 1. The Balaban J connectivity index is 1.62. The first-order valence-corrected chi connectivity index (χ1v) is 10.4. The zero-order valence-electron chi connectivity index (χ0n) is 14.3. The molecular formula is C19H23ClN2O2S. The summed E-state index contributed by atoms with van der Waals surface area (Å²) in [5.41, 5.74) is 2.14. The van der Waals surface area contributed by atoms with Crippen LogP contribution in [0.5, 0.6) is 0 Å². The first-order valence-electron chi connectivity index (χ1n) is 8.53. The summed E-state index contributed by atoms with van der Waals surface area (Å²) < 4.78 is 27.2. The summed E-state index contributed by atoms with van der Waals surface area (Å²) in [6.45, 7) is 4.73. The molecule has 0 spiro atoms. The highest BCUT2D eigenvalue weighted by Crippen LogP contribution is 2.23. The molecule has 1 atom stereocenters. The zero-order valence-corrected chi connectivity index (χ0v) is 15.9. The monoisotopic (exact) mass is 378 g/mol. The molecule has 1 heterocycles. The molecule has 1 fully saturated rings. The molecule has 0 bridgehead atoms. The fourth-order valence-corrected chi connectivity index (χ4v) is 4.27. The maximum absolute atomic E-state index is 12.3. The Morgan fingerprint density at radius 3 is 2.44 bits per heavy atom. The predicted octanol–water partition coefficient (Wildman–Crippen LogP) is 4.05. The van der Waals surface area contributed by atoms with E-state index in [2.05, 4.69) is 28.7 Å². The lowest BCUT2D eigenvalue weighted by Gasteiger charge is -2.32. The highest BCUT2D eigenvalue weighted by molar-refractivity contribution is 7.89. The van der Waals surface area contributed by atoms with Crippen molar-refractivity contribution in [2.45, 2.75) is 31.2 Å². The van der Waals surface area contributed by atoms with Crippen LogP contribution in [0.3, 0.4) is 0 Å². The normalized spacial score (nSPS) is 18.3. The first kappa shape index (κ1) is 18.2. The van der Waals surface area contributed by atoms with Gasteiger partial charge in [0.1, 0.15) is 0 Å². The number of halogens is 1. The average molecular weight is 379 g/mol. The van der Waals surface area contributed by atoms with Crippen LogP contribution in [0.15, 0.2) is 53.4 Å². The number of nitrogens with zero attached hydrogens (tertiary/aromatic N) is 1. The van der Waals surface area contributed by atoms with Gasteiger partial charge in [0.25, 0.3) is 0 Å². The van der Waals surface area contributed by atoms with E-state index < -0.39 is 10.0 Å². The van der Waals surface area contributed by atoms with Gasteiger partial charge in [0.2, 0.25) is 10.0 Å². The maximum atomic E-state index is 12.3. The molecule has 0 aliphatic carbocycles. The van der Waals surface area contributed by atoms with Crippen LogP contribution in [-0.2, 0) is 16.6 Å². The van der Waals surface area contributed by atoms with Crippen LogP contribution in [0.2, 0.25) is 5.02 Å². The summed E-state index contributed by atoms with van der Waals surface area (Å²) in [5, 5.41) is 0.515. The number of benzene rings is 2. The van der Waals surface area contributed by atoms with Gasteiger partial charge in [-0.15, -0.1) is 0 Å². The molecule has 1 saturated heterocycles. The standard InChI is InChI=1S/C19H23ClN2O2S/c1-15-3-2-12-22(14-15)18-8-4-16(5-9-18)13-21-25(23,24)19-10-6-17(20)7-11-19/h4-11,15,21H,2-3,12-14H2,1H3/t15-/m0/s1. The van der Waals surface area contributed by atoms with E-state index in [0.29, 0.717) is 5.02 Å². The van der Waals surface area contributed by atoms with Crippen molar-refractivity contribution in [3.63, 3.8) is 0 Å². The molecule has 0 unspecified atom stereocenters. The van der Waals surface area contributed by atoms with Gasteiger partial charge in [0.15, 0.2) is 0 Å². The van der Waals surface area contributed by atoms with Gasteiger partial charge in [0.05, 0.1) is 4.90 Å². The molecule has 1 N–H and O–H groups in total. The van der Waals surface area contributed by atoms with E-state index in [-0.39, 0.29) is 11.4 Å². The van der Waals surface area contributed by atoms with Crippen molar-refractivity contribution >= 4 is 27.3 Å². The minimum atomic E-state index is -3.53. The zero-order chi connectivity index (χ0) is 17.9. The predicted molar refractivity (Wildman–Crippen MR) is 103 cm³/mol. The molecule has 1 aliphatic heterocycles. The van der Waals surface area contributed by atoms with Crippen LogP contribution in [-0.4, -0.2) is 21.5 Å². The van der Waals surface area contributed by atoms with Gasteiger partial charge < -0.3 is 4.90 Å². The second-order valence-corrected chi connectivity index (χ2v) is 8.84. The molecule has 0 aromatic heterocycles. The van der Waals surface area contributed by atoms with Gasteiger partial charge in [-0.1, -0.05) is 30.7 Å². The Morgan fingerprint density at radius 1 is 1.12 bits per heavy atom. The SMILES string of the molecule is C[C@H]1CCCN(c2ccc(CNS(=O)(=O)c3ccc(Cl)cc3)cc2)C1. The average Bonchev–Trinajstić information content (AvgIpc) is 2.61. The largest absolute Gasteiger partial charge is 0.371 e. The fraction of sp³-hybridized carbons (Fsp3) is 0.368. The Hall–Kier alpha value is -1.56. The van der Waals surface area contributed by atoms with Crippen LogP contribution in [0, 0.1) is 5.92 Å². The van der Waals surface area contributed by atoms with Gasteiger partial charge in [0, 0.05) is 30.3 Å². The Kier molecular flexibility index (Phi) is 5.67. The molecule has 6 heteroatoms. The molecule has 25 heavy (non-hydrogen) atoms. The molecule has 1 aliphatic rings. The van der Waals surface area contributed by atoms with Crippen molar-refractivity contribution in [2.75, 3.05) is 18.0 Å². The van der Waals surface area contributed by atoms with Crippen LogP contribution >= 0.6 is 11.6 Å². The van der Waals surface area contributed by atoms with Gasteiger partial charge >= 0.3 is 0 Å². The van der Waals surface area contributed by atoms with Gasteiger partial charge in [-0.3, -0.25) is 0 Å². The molecule has 0 amide bonds. The smallest absolute Gasteiger partial charge is 0.240 e. The first-order chi connectivity index (χ1) is 11.9. The van der Waals surface area contributed by atoms with E-state index in [1.165, 1.54) is 30.7 Å². The van der Waals surface area contributed by atoms with Crippen LogP contribution in [0.4, 0.5) is 5.69 Å². The summed E-state index contributed by atoms with van der Waals surface area (Å²) >= 11 is 5.80. The van der Waals surface area contributed by atoms with E-state index in [1.54, 1.807) is 12.1 Å². The van der Waals surface area contributed by atoms with Crippen molar-refractivity contribution in [1.29, 1.82) is 0 Å². The van der Waals surface area contributed by atoms with Crippen molar-refractivity contribution in [3.05, 3.63) is 59.1 Å². The lowest BCUT2D eigenvalue weighted by molar-refractivity contribution is 0.447. The van der Waals surface area contributed by atoms with Crippen LogP contribution in [0.25, 0.3) is 0 Å². The summed E-state index contributed by atoms with van der Waals surface area (Å²) in [4.78, 5) is 2.62. The molecule has 0 radical (unpaired) electrons. The fourth-order valence-electron chi connectivity index (χ4n) is 3.12. The second-order valence-electron chi connectivity index (χ2n) is 6.64. The molecule has 4 nitrogen and oxygen atoms in total. The van der Waals surface area contributed by atoms with Gasteiger partial charge in [-0.25, -0.2) is 13.1 Å². The Labute approximate surface area is 154 Å². The van der Waals surface area contributed by atoms with Crippen molar-refractivity contribution in [3.8, 4) is 0 Å². The Morgan fingerprint density at radius 2 is 1.80 bits per heavy atom. The summed E-state index contributed by atoms with van der Waals surface area (Å²) in [6.07, 6.45) is 2.52. The van der Waals surface area contributed by atoms with Gasteiger partial charge in [-0.2, -0.15) is 0 Å². The maximum Gasteiger partial charge on any atom is 0.240 e. The van der Waals surface area contributed by atoms with Crippen molar-refractivity contribution in [1.82, 2.24) is 4.72 Å². The number of anilines is 1. The van der Waals surface area contributed by atoms with E-state index in [1.807, 2.05) is 12.1 Å². The minimum absolute atomic E-state index is 0.218. The third kappa shape index (κ3) is 4.75. The number of hydrogen-bond acceptors (Lipinski definition) is 3. The lowest BCUT2D eigenvalue weighted by atomic mass is 9.99. The Bertz CT molecular complexity index is 804. The van der Waals surface area contributed by atoms with E-state index >= 15 is 0 Å². The number of hydrogen-bond donors (Lipinski definition) is 1. The summed E-state index contributed by atoms with van der Waals surface area (Å²) in [6, 6.07) is 14.3. The molecule has 2 aromatic rings. The molecular weight excluding hydrogens is 356 g/mol. The molecule has 0 saturated carbocycles. The van der Waals surface area contributed by atoms with E-state index in [9.17, 15) is 8.42 Å². The third-order valence-corrected chi connectivity index (χ3v) is 6.22. The quantitative estimate of drug-likeness (QED) is 0.853. The number of sulfonamides is 1. The van der Waals surface area contributed by atoms with Gasteiger partial charge in [-0.05, 0) is 60.7 Å². The highest BCUT2D eigenvalue weighted by Gasteiger charge is 2.17. The minimum Gasteiger partial charge on any atom is -0.371 e. The van der Waals surface area contributed by atoms with E-state index in [0.717, 1.165) is 24.6 Å². The number of rotatable bonds is 5. The van der Waals surface area contributed by atoms with Crippen molar-refractivity contribution < 1.29 is 8.42 Å². The highest BCUT2D eigenvalue weighted by atomic mass is 35.5. The topological polar surface area (TPSA) is 49.4 Å². The molecule has 2 aromatic carbocycles. The summed E-state index contributed by atoms with van der Waals surface area (Å²) in [5.74, 6) is 0.722. The molecule has 134 valence electrons. The number of nitrogens with one attached hydrogen (secondary N) is 1. The lowest BCUT2D eigenvalue weighted by Crippen LogP contribution is -2.34. The third-order valence-electron chi connectivity index (χ3n) is 4.55. The van der Waals surface area contributed by atoms with Crippen LogP contribution < -0.4 is 9.62 Å². The van der Waals surface area contributed by atoms with E-state index in [4.69, 9.17) is 11.6 Å². The molecule has 3 rings (SSSR count). The van der Waals surface area contributed by atoms with Crippen molar-refractivity contribution in [2.24, 2.45) is 5.92 Å². The second kappa shape index (κ2) is 7.77. The summed E-state index contributed by atoms with van der Waals surface area (Å²) in [7, 11) is -3.53. The van der Waals surface area contributed by atoms with Crippen LogP contribution in [0.1, 0.15) is 25.3 Å².